The SMILES string of the molecule is COc1ccc(-c2[nH]nc3c2C(c2ccc(OC)c(CSC4=NCCS4)c2)C(C#N)=C(N)O3)cc1. The van der Waals surface area contributed by atoms with Gasteiger partial charge >= 0.3 is 0 Å². The molecular weight excluding hydrogens is 482 g/mol. The lowest BCUT2D eigenvalue weighted by Crippen LogP contribution is -2.21. The van der Waals surface area contributed by atoms with Crippen LogP contribution >= 0.6 is 23.5 Å². The van der Waals surface area contributed by atoms with Crippen LogP contribution in [0.4, 0.5) is 0 Å². The molecule has 0 bridgehead atoms. The zero-order valence-corrected chi connectivity index (χ0v) is 20.8. The Morgan fingerprint density at radius 2 is 2.06 bits per heavy atom. The molecule has 2 aliphatic rings. The first-order valence-electron chi connectivity index (χ1n) is 10.9. The number of aromatic amines is 1. The molecule has 0 radical (unpaired) electrons. The van der Waals surface area contributed by atoms with Gasteiger partial charge in [-0.3, -0.25) is 10.1 Å². The highest BCUT2D eigenvalue weighted by atomic mass is 32.2. The van der Waals surface area contributed by atoms with Crippen molar-refractivity contribution in [3.8, 4) is 34.7 Å². The van der Waals surface area contributed by atoms with Gasteiger partial charge in [-0.05, 0) is 35.9 Å². The van der Waals surface area contributed by atoms with Crippen LogP contribution in [0.1, 0.15) is 22.6 Å². The normalized spacial score (nSPS) is 16.8. The molecule has 1 unspecified atom stereocenters. The van der Waals surface area contributed by atoms with Crippen LogP contribution in [0.5, 0.6) is 17.4 Å². The molecule has 2 aromatic carbocycles. The van der Waals surface area contributed by atoms with E-state index in [1.54, 1.807) is 37.7 Å². The molecule has 0 saturated heterocycles. The number of benzene rings is 2. The Bertz CT molecular complexity index is 1360. The molecule has 3 N–H and O–H groups in total. The Morgan fingerprint density at radius 3 is 2.74 bits per heavy atom. The molecule has 0 saturated carbocycles. The van der Waals surface area contributed by atoms with Crippen molar-refractivity contribution < 1.29 is 14.2 Å². The number of hydrogen-bond donors (Lipinski definition) is 2. The summed E-state index contributed by atoms with van der Waals surface area (Å²) < 4.78 is 17.8. The number of nitrogens with one attached hydrogen (secondary N) is 1. The van der Waals surface area contributed by atoms with Crippen LogP contribution in [0.25, 0.3) is 11.3 Å². The molecule has 0 spiro atoms. The minimum atomic E-state index is -0.451. The van der Waals surface area contributed by atoms with Crippen LogP contribution in [-0.4, -0.2) is 41.1 Å². The number of allylic oxidation sites excluding steroid dienone is 1. The summed E-state index contributed by atoms with van der Waals surface area (Å²) in [7, 11) is 3.29. The van der Waals surface area contributed by atoms with Gasteiger partial charge in [0.05, 0.1) is 37.9 Å². The minimum absolute atomic E-state index is 0.0567. The van der Waals surface area contributed by atoms with Gasteiger partial charge in [-0.25, -0.2) is 0 Å². The van der Waals surface area contributed by atoms with Crippen LogP contribution in [0.3, 0.4) is 0 Å². The van der Waals surface area contributed by atoms with Crippen LogP contribution in [0.15, 0.2) is 58.9 Å². The Morgan fingerprint density at radius 1 is 1.23 bits per heavy atom. The average molecular weight is 506 g/mol. The topological polar surface area (TPSA) is 119 Å². The number of thioether (sulfide) groups is 2. The van der Waals surface area contributed by atoms with E-state index >= 15 is 0 Å². The van der Waals surface area contributed by atoms with Crippen molar-refractivity contribution in [3.63, 3.8) is 0 Å². The standard InChI is InChI=1S/C25H23N5O3S2/c1-31-17-6-3-14(4-7-17)22-21-20(18(12-26)23(27)33-24(21)30-29-22)15-5-8-19(32-2)16(11-15)13-35-25-28-9-10-34-25/h3-8,11,20H,9-10,13,27H2,1-2H3,(H,29,30). The van der Waals surface area contributed by atoms with Gasteiger partial charge in [-0.15, -0.1) is 5.10 Å². The number of ether oxygens (including phenoxy) is 3. The Balaban J connectivity index is 1.59. The second-order valence-corrected chi connectivity index (χ2v) is 10.1. The van der Waals surface area contributed by atoms with Crippen molar-refractivity contribution in [2.45, 2.75) is 11.7 Å². The van der Waals surface area contributed by atoms with E-state index in [1.807, 2.05) is 36.4 Å². The van der Waals surface area contributed by atoms with E-state index in [-0.39, 0.29) is 5.88 Å². The maximum Gasteiger partial charge on any atom is 0.244 e. The van der Waals surface area contributed by atoms with Gasteiger partial charge in [-0.1, -0.05) is 35.7 Å². The summed E-state index contributed by atoms with van der Waals surface area (Å²) in [6.45, 7) is 0.860. The molecule has 5 rings (SSSR count). The number of nitrogens with two attached hydrogens (primary N) is 1. The average Bonchev–Trinajstić information content (AvgIpc) is 3.56. The fourth-order valence-electron chi connectivity index (χ4n) is 4.19. The van der Waals surface area contributed by atoms with Gasteiger partial charge in [0.1, 0.15) is 27.5 Å². The summed E-state index contributed by atoms with van der Waals surface area (Å²) in [5.41, 5.74) is 10.9. The smallest absolute Gasteiger partial charge is 0.244 e. The first kappa shape index (κ1) is 23.2. The Kier molecular flexibility index (Phi) is 6.61. The van der Waals surface area contributed by atoms with E-state index in [9.17, 15) is 5.26 Å². The summed E-state index contributed by atoms with van der Waals surface area (Å²) >= 11 is 3.47. The van der Waals surface area contributed by atoms with Gasteiger partial charge in [0.2, 0.25) is 11.8 Å². The molecule has 0 fully saturated rings. The Hall–Kier alpha value is -3.55. The summed E-state index contributed by atoms with van der Waals surface area (Å²) in [5, 5.41) is 17.5. The number of nitrogens with zero attached hydrogens (tertiary/aromatic N) is 3. The van der Waals surface area contributed by atoms with Gasteiger partial charge in [0.25, 0.3) is 0 Å². The van der Waals surface area contributed by atoms with Gasteiger partial charge in [0, 0.05) is 22.6 Å². The minimum Gasteiger partial charge on any atom is -0.497 e. The number of aliphatic imine (C=N–C) groups is 1. The predicted octanol–water partition coefficient (Wildman–Crippen LogP) is 4.65. The first-order valence-corrected chi connectivity index (χ1v) is 12.9. The fourth-order valence-corrected chi connectivity index (χ4v) is 6.18. The lowest BCUT2D eigenvalue weighted by atomic mass is 9.82. The number of aromatic nitrogens is 2. The van der Waals surface area contributed by atoms with Gasteiger partial charge in [0.15, 0.2) is 0 Å². The number of fused-ring (bicyclic) bond motifs is 1. The van der Waals surface area contributed by atoms with Crippen LogP contribution in [-0.2, 0) is 5.75 Å². The van der Waals surface area contributed by atoms with Crippen molar-refractivity contribution in [1.82, 2.24) is 10.2 Å². The van der Waals surface area contributed by atoms with E-state index in [2.05, 4.69) is 27.3 Å². The highest BCUT2D eigenvalue weighted by Gasteiger charge is 2.36. The maximum atomic E-state index is 10.0. The van der Waals surface area contributed by atoms with Crippen LogP contribution < -0.4 is 19.9 Å². The molecule has 178 valence electrons. The quantitative estimate of drug-likeness (QED) is 0.497. The third-order valence-corrected chi connectivity index (χ3v) is 8.17. The monoisotopic (exact) mass is 505 g/mol. The summed E-state index contributed by atoms with van der Waals surface area (Å²) in [5.74, 6) is 3.23. The second-order valence-electron chi connectivity index (χ2n) is 7.83. The molecule has 35 heavy (non-hydrogen) atoms. The lowest BCUT2D eigenvalue weighted by Gasteiger charge is -2.25. The molecule has 0 aliphatic carbocycles. The largest absolute Gasteiger partial charge is 0.497 e. The van der Waals surface area contributed by atoms with Gasteiger partial charge < -0.3 is 19.9 Å². The third-order valence-electron chi connectivity index (χ3n) is 5.86. The highest BCUT2D eigenvalue weighted by molar-refractivity contribution is 8.38. The second kappa shape index (κ2) is 9.98. The molecule has 10 heteroatoms. The van der Waals surface area contributed by atoms with Crippen molar-refractivity contribution in [2.24, 2.45) is 10.7 Å². The predicted molar refractivity (Wildman–Crippen MR) is 139 cm³/mol. The number of hydrogen-bond acceptors (Lipinski definition) is 9. The molecule has 3 aromatic rings. The van der Waals surface area contributed by atoms with E-state index in [0.29, 0.717) is 17.2 Å². The number of rotatable bonds is 6. The van der Waals surface area contributed by atoms with E-state index < -0.39 is 5.92 Å². The molecule has 8 nitrogen and oxygen atoms in total. The Labute approximate surface area is 211 Å². The first-order chi connectivity index (χ1) is 17.1. The fraction of sp³-hybridized carbons (Fsp3) is 0.240. The lowest BCUT2D eigenvalue weighted by molar-refractivity contribution is 0.379. The van der Waals surface area contributed by atoms with E-state index in [0.717, 1.165) is 56.1 Å². The van der Waals surface area contributed by atoms with E-state index in [1.165, 1.54) is 0 Å². The molecule has 1 aromatic heterocycles. The molecule has 0 amide bonds. The van der Waals surface area contributed by atoms with Crippen molar-refractivity contribution in [2.75, 3.05) is 26.5 Å². The molecule has 1 atom stereocenters. The number of nitriles is 1. The zero-order valence-electron chi connectivity index (χ0n) is 19.2. The van der Waals surface area contributed by atoms with Crippen molar-refractivity contribution >= 4 is 27.9 Å². The third kappa shape index (κ3) is 4.45. The summed E-state index contributed by atoms with van der Waals surface area (Å²) in [6.07, 6.45) is 0. The van der Waals surface area contributed by atoms with Crippen molar-refractivity contribution in [3.05, 3.63) is 70.6 Å². The highest BCUT2D eigenvalue weighted by Crippen LogP contribution is 2.46. The number of methoxy groups -OCH3 is 2. The van der Waals surface area contributed by atoms with Crippen molar-refractivity contribution in [1.29, 1.82) is 5.26 Å². The maximum absolute atomic E-state index is 10.0. The molecule has 2 aliphatic heterocycles. The van der Waals surface area contributed by atoms with E-state index in [4.69, 9.17) is 19.9 Å². The summed E-state index contributed by atoms with van der Waals surface area (Å²) in [4.78, 5) is 4.53. The van der Waals surface area contributed by atoms with Crippen LogP contribution in [0, 0.1) is 11.3 Å². The van der Waals surface area contributed by atoms with Crippen LogP contribution in [0.2, 0.25) is 0 Å². The molecular formula is C25H23N5O3S2. The zero-order chi connectivity index (χ0) is 24.4. The van der Waals surface area contributed by atoms with Gasteiger partial charge in [-0.2, -0.15) is 5.26 Å². The molecule has 3 heterocycles. The number of H-pyrrole nitrogens is 1. The summed E-state index contributed by atoms with van der Waals surface area (Å²) in [6, 6.07) is 15.9.